The van der Waals surface area contributed by atoms with Gasteiger partial charge in [0.05, 0.1) is 10.2 Å². The Morgan fingerprint density at radius 2 is 1.79 bits per heavy atom. The van der Waals surface area contributed by atoms with Crippen LogP contribution in [-0.4, -0.2) is 4.98 Å². The van der Waals surface area contributed by atoms with Gasteiger partial charge in [-0.25, -0.2) is 9.37 Å². The molecule has 0 spiro atoms. The van der Waals surface area contributed by atoms with E-state index in [2.05, 4.69) is 42.3 Å². The summed E-state index contributed by atoms with van der Waals surface area (Å²) >= 11 is 1.46. The Hall–Kier alpha value is -1.94. The quantitative estimate of drug-likeness (QED) is 0.725. The predicted octanol–water partition coefficient (Wildman–Crippen LogP) is 4.80. The van der Waals surface area contributed by atoms with Crippen molar-refractivity contribution < 1.29 is 4.39 Å². The molecule has 0 saturated carbocycles. The van der Waals surface area contributed by atoms with Crippen molar-refractivity contribution >= 4 is 32.4 Å². The lowest BCUT2D eigenvalue weighted by Gasteiger charge is -2.05. The molecule has 0 aliphatic heterocycles. The van der Waals surface area contributed by atoms with Gasteiger partial charge in [0.15, 0.2) is 5.13 Å². The van der Waals surface area contributed by atoms with Crippen LogP contribution >= 0.6 is 11.3 Å². The number of benzene rings is 2. The molecule has 19 heavy (non-hydrogen) atoms. The van der Waals surface area contributed by atoms with E-state index in [0.29, 0.717) is 0 Å². The highest BCUT2D eigenvalue weighted by Gasteiger charge is 2.05. The van der Waals surface area contributed by atoms with Crippen molar-refractivity contribution in [2.45, 2.75) is 13.8 Å². The summed E-state index contributed by atoms with van der Waals surface area (Å²) < 4.78 is 14.0. The maximum absolute atomic E-state index is 13.1. The summed E-state index contributed by atoms with van der Waals surface area (Å²) in [4.78, 5) is 4.45. The molecule has 1 N–H and O–H groups in total. The Balaban J connectivity index is 1.96. The third-order valence-corrected chi connectivity index (χ3v) is 3.76. The van der Waals surface area contributed by atoms with Gasteiger partial charge in [-0.1, -0.05) is 17.4 Å². The first-order valence-corrected chi connectivity index (χ1v) is 6.83. The van der Waals surface area contributed by atoms with Gasteiger partial charge in [-0.15, -0.1) is 0 Å². The summed E-state index contributed by atoms with van der Waals surface area (Å²) in [6.07, 6.45) is 0. The standard InChI is InChI=1S/C15H13FN2S/c1-9-5-10(2)7-12(6-9)17-15-18-13-4-3-11(16)8-14(13)19-15/h3-8H,1-2H3,(H,17,18). The van der Waals surface area contributed by atoms with Gasteiger partial charge in [-0.05, 0) is 55.3 Å². The fourth-order valence-corrected chi connectivity index (χ4v) is 3.03. The molecule has 0 amide bonds. The average Bonchev–Trinajstić information content (AvgIpc) is 2.68. The zero-order valence-corrected chi connectivity index (χ0v) is 11.5. The lowest BCUT2D eigenvalue weighted by atomic mass is 10.1. The molecule has 0 aliphatic rings. The topological polar surface area (TPSA) is 24.9 Å². The zero-order valence-electron chi connectivity index (χ0n) is 10.7. The van der Waals surface area contributed by atoms with Crippen LogP contribution in [-0.2, 0) is 0 Å². The number of fused-ring (bicyclic) bond motifs is 1. The molecule has 1 heterocycles. The SMILES string of the molecule is Cc1cc(C)cc(Nc2nc3ccc(F)cc3s2)c1. The highest BCUT2D eigenvalue weighted by Crippen LogP contribution is 2.29. The molecule has 3 aromatic rings. The molecule has 0 unspecified atom stereocenters. The zero-order chi connectivity index (χ0) is 13.4. The van der Waals surface area contributed by atoms with Crippen molar-refractivity contribution in [1.82, 2.24) is 4.98 Å². The van der Waals surface area contributed by atoms with Crippen LogP contribution in [0.15, 0.2) is 36.4 Å². The first-order chi connectivity index (χ1) is 9.10. The highest BCUT2D eigenvalue weighted by atomic mass is 32.1. The number of hydrogen-bond acceptors (Lipinski definition) is 3. The lowest BCUT2D eigenvalue weighted by molar-refractivity contribution is 0.630. The van der Waals surface area contributed by atoms with Gasteiger partial charge in [0, 0.05) is 5.69 Å². The number of rotatable bonds is 2. The first kappa shape index (κ1) is 12.1. The smallest absolute Gasteiger partial charge is 0.188 e. The third kappa shape index (κ3) is 2.58. The maximum Gasteiger partial charge on any atom is 0.188 e. The molecule has 0 atom stereocenters. The van der Waals surface area contributed by atoms with Gasteiger partial charge in [-0.3, -0.25) is 0 Å². The second-order valence-corrected chi connectivity index (χ2v) is 5.66. The molecular weight excluding hydrogens is 259 g/mol. The number of aromatic nitrogens is 1. The van der Waals surface area contributed by atoms with E-state index >= 15 is 0 Å². The molecule has 0 saturated heterocycles. The van der Waals surface area contributed by atoms with E-state index in [1.165, 1.54) is 34.6 Å². The van der Waals surface area contributed by atoms with Crippen LogP contribution in [0.1, 0.15) is 11.1 Å². The number of thiazole rings is 1. The van der Waals surface area contributed by atoms with Gasteiger partial charge in [0.2, 0.25) is 0 Å². The van der Waals surface area contributed by atoms with E-state index < -0.39 is 0 Å². The van der Waals surface area contributed by atoms with Crippen LogP contribution in [0.4, 0.5) is 15.2 Å². The Kier molecular flexibility index (Phi) is 2.95. The van der Waals surface area contributed by atoms with Crippen LogP contribution in [0.3, 0.4) is 0 Å². The van der Waals surface area contributed by atoms with Gasteiger partial charge in [-0.2, -0.15) is 0 Å². The van der Waals surface area contributed by atoms with Crippen molar-refractivity contribution in [2.75, 3.05) is 5.32 Å². The third-order valence-electron chi connectivity index (χ3n) is 2.82. The van der Waals surface area contributed by atoms with Gasteiger partial charge in [0.25, 0.3) is 0 Å². The normalized spacial score (nSPS) is 10.9. The van der Waals surface area contributed by atoms with Crippen molar-refractivity contribution in [3.63, 3.8) is 0 Å². The number of anilines is 2. The Labute approximate surface area is 114 Å². The van der Waals surface area contributed by atoms with Crippen molar-refractivity contribution in [3.05, 3.63) is 53.3 Å². The van der Waals surface area contributed by atoms with E-state index in [1.807, 2.05) is 0 Å². The Morgan fingerprint density at radius 1 is 1.05 bits per heavy atom. The molecule has 0 bridgehead atoms. The molecule has 3 rings (SSSR count). The Bertz CT molecular complexity index is 729. The van der Waals surface area contributed by atoms with E-state index in [-0.39, 0.29) is 5.82 Å². The molecule has 4 heteroatoms. The molecule has 0 radical (unpaired) electrons. The Morgan fingerprint density at radius 3 is 2.53 bits per heavy atom. The maximum atomic E-state index is 13.1. The monoisotopic (exact) mass is 272 g/mol. The molecule has 0 fully saturated rings. The van der Waals surface area contributed by atoms with Crippen LogP contribution in [0.2, 0.25) is 0 Å². The minimum atomic E-state index is -0.228. The minimum Gasteiger partial charge on any atom is -0.332 e. The summed E-state index contributed by atoms with van der Waals surface area (Å²) in [6.45, 7) is 4.12. The molecule has 96 valence electrons. The number of halogens is 1. The number of hydrogen-bond donors (Lipinski definition) is 1. The summed E-state index contributed by atoms with van der Waals surface area (Å²) in [5.41, 5.74) is 4.24. The minimum absolute atomic E-state index is 0.228. The van der Waals surface area contributed by atoms with Crippen LogP contribution in [0.5, 0.6) is 0 Å². The van der Waals surface area contributed by atoms with Gasteiger partial charge < -0.3 is 5.32 Å². The summed E-state index contributed by atoms with van der Waals surface area (Å²) in [5.74, 6) is -0.228. The van der Waals surface area contributed by atoms with Crippen LogP contribution in [0, 0.1) is 19.7 Å². The van der Waals surface area contributed by atoms with Crippen LogP contribution in [0.25, 0.3) is 10.2 Å². The van der Waals surface area contributed by atoms with Crippen molar-refractivity contribution in [2.24, 2.45) is 0 Å². The summed E-state index contributed by atoms with van der Waals surface area (Å²) in [5, 5.41) is 4.06. The molecular formula is C15H13FN2S. The second-order valence-electron chi connectivity index (χ2n) is 4.63. The number of aryl methyl sites for hydroxylation is 2. The van der Waals surface area contributed by atoms with Gasteiger partial charge >= 0.3 is 0 Å². The van der Waals surface area contributed by atoms with E-state index in [0.717, 1.165) is 21.0 Å². The average molecular weight is 272 g/mol. The fourth-order valence-electron chi connectivity index (χ4n) is 2.12. The van der Waals surface area contributed by atoms with E-state index in [4.69, 9.17) is 0 Å². The number of nitrogens with zero attached hydrogens (tertiary/aromatic N) is 1. The van der Waals surface area contributed by atoms with Gasteiger partial charge in [0.1, 0.15) is 5.82 Å². The predicted molar refractivity (Wildman–Crippen MR) is 78.8 cm³/mol. The highest BCUT2D eigenvalue weighted by molar-refractivity contribution is 7.22. The summed E-state index contributed by atoms with van der Waals surface area (Å²) in [7, 11) is 0. The number of nitrogens with one attached hydrogen (secondary N) is 1. The molecule has 2 aromatic carbocycles. The second kappa shape index (κ2) is 4.63. The molecule has 0 aliphatic carbocycles. The van der Waals surface area contributed by atoms with Crippen LogP contribution < -0.4 is 5.32 Å². The van der Waals surface area contributed by atoms with E-state index in [9.17, 15) is 4.39 Å². The molecule has 2 nitrogen and oxygen atoms in total. The lowest BCUT2D eigenvalue weighted by Crippen LogP contribution is -1.90. The van der Waals surface area contributed by atoms with Crippen molar-refractivity contribution in [3.8, 4) is 0 Å². The molecule has 1 aromatic heterocycles. The van der Waals surface area contributed by atoms with E-state index in [1.54, 1.807) is 6.07 Å². The first-order valence-electron chi connectivity index (χ1n) is 6.01. The fraction of sp³-hybridized carbons (Fsp3) is 0.133. The largest absolute Gasteiger partial charge is 0.332 e. The van der Waals surface area contributed by atoms with Crippen molar-refractivity contribution in [1.29, 1.82) is 0 Å². The summed E-state index contributed by atoms with van der Waals surface area (Å²) in [6, 6.07) is 10.9.